The number of para-hydroxylation sites is 1. The van der Waals surface area contributed by atoms with Gasteiger partial charge in [0.25, 0.3) is 5.91 Å². The highest BCUT2D eigenvalue weighted by atomic mass is 19.1. The second-order valence-electron chi connectivity index (χ2n) is 7.57. The molecule has 28 heavy (non-hydrogen) atoms. The molecule has 0 bridgehead atoms. The third-order valence-electron chi connectivity index (χ3n) is 5.80. The van der Waals surface area contributed by atoms with E-state index in [-0.39, 0.29) is 17.5 Å². The zero-order valence-electron chi connectivity index (χ0n) is 15.9. The normalized spacial score (nSPS) is 21.0. The summed E-state index contributed by atoms with van der Waals surface area (Å²) < 4.78 is 14.0. The van der Waals surface area contributed by atoms with Crippen LogP contribution in [0.1, 0.15) is 23.2 Å². The number of piperidine rings is 1. The number of halogens is 1. The molecule has 2 aromatic carbocycles. The Hall–Kier alpha value is -2.60. The van der Waals surface area contributed by atoms with Crippen LogP contribution < -0.4 is 4.90 Å². The maximum absolute atomic E-state index is 14.0. The number of hydrogen-bond acceptors (Lipinski definition) is 4. The van der Waals surface area contributed by atoms with Gasteiger partial charge in [0.15, 0.2) is 0 Å². The molecule has 2 fully saturated rings. The minimum Gasteiger partial charge on any atom is -0.508 e. The molecule has 6 heteroatoms. The first-order valence-electron chi connectivity index (χ1n) is 9.93. The van der Waals surface area contributed by atoms with Crippen molar-refractivity contribution >= 4 is 11.6 Å². The first-order chi connectivity index (χ1) is 13.6. The molecule has 0 aromatic heterocycles. The Labute approximate surface area is 165 Å². The van der Waals surface area contributed by atoms with Crippen molar-refractivity contribution in [3.05, 3.63) is 59.9 Å². The number of phenolic OH excluding ortho intramolecular Hbond substituents is 1. The van der Waals surface area contributed by atoms with E-state index in [1.54, 1.807) is 24.3 Å². The third kappa shape index (κ3) is 3.97. The average molecular weight is 383 g/mol. The summed E-state index contributed by atoms with van der Waals surface area (Å²) in [4.78, 5) is 19.2. The second-order valence-corrected chi connectivity index (χ2v) is 7.57. The number of aromatic hydroxyl groups is 1. The van der Waals surface area contributed by atoms with Crippen LogP contribution in [-0.4, -0.2) is 66.1 Å². The lowest BCUT2D eigenvalue weighted by atomic mass is 10.0. The highest BCUT2D eigenvalue weighted by Gasteiger charge is 2.30. The van der Waals surface area contributed by atoms with Gasteiger partial charge >= 0.3 is 0 Å². The van der Waals surface area contributed by atoms with E-state index in [1.165, 1.54) is 12.1 Å². The van der Waals surface area contributed by atoms with E-state index in [2.05, 4.69) is 9.80 Å². The molecule has 0 aliphatic carbocycles. The van der Waals surface area contributed by atoms with Gasteiger partial charge in [0.1, 0.15) is 11.6 Å². The number of carbonyl (C=O) groups excluding carboxylic acids is 1. The van der Waals surface area contributed by atoms with Crippen molar-refractivity contribution in [2.45, 2.75) is 18.9 Å². The molecule has 2 aliphatic rings. The SMILES string of the molecule is O=C(c1cccc(O)c1)N1CCCC(N2CCN(c3ccccc3F)CC2)C1. The largest absolute Gasteiger partial charge is 0.508 e. The summed E-state index contributed by atoms with van der Waals surface area (Å²) in [5, 5.41) is 9.64. The number of rotatable bonds is 3. The summed E-state index contributed by atoms with van der Waals surface area (Å²) in [5.74, 6) is -0.0780. The number of anilines is 1. The number of piperazine rings is 1. The predicted octanol–water partition coefficient (Wildman–Crippen LogP) is 2.96. The van der Waals surface area contributed by atoms with Gasteiger partial charge in [-0.3, -0.25) is 9.69 Å². The summed E-state index contributed by atoms with van der Waals surface area (Å²) in [6.45, 7) is 4.77. The van der Waals surface area contributed by atoms with Gasteiger partial charge in [0, 0.05) is 50.9 Å². The lowest BCUT2D eigenvalue weighted by Crippen LogP contribution is -2.56. The molecule has 2 saturated heterocycles. The Bertz CT molecular complexity index is 836. The van der Waals surface area contributed by atoms with Crippen molar-refractivity contribution in [3.8, 4) is 5.75 Å². The molecular formula is C22H26FN3O2. The van der Waals surface area contributed by atoms with Crippen LogP contribution >= 0.6 is 0 Å². The van der Waals surface area contributed by atoms with Crippen molar-refractivity contribution in [1.82, 2.24) is 9.80 Å². The molecule has 5 nitrogen and oxygen atoms in total. The van der Waals surface area contributed by atoms with Crippen molar-refractivity contribution < 1.29 is 14.3 Å². The number of likely N-dealkylation sites (tertiary alicyclic amines) is 1. The highest BCUT2D eigenvalue weighted by Crippen LogP contribution is 2.24. The average Bonchev–Trinajstić information content (AvgIpc) is 2.74. The minimum atomic E-state index is -0.170. The van der Waals surface area contributed by atoms with E-state index in [9.17, 15) is 14.3 Å². The van der Waals surface area contributed by atoms with Crippen molar-refractivity contribution in [2.24, 2.45) is 0 Å². The summed E-state index contributed by atoms with van der Waals surface area (Å²) >= 11 is 0. The minimum absolute atomic E-state index is 0.0226. The molecule has 0 spiro atoms. The van der Waals surface area contributed by atoms with E-state index in [1.807, 2.05) is 17.0 Å². The number of hydrogen-bond donors (Lipinski definition) is 1. The smallest absolute Gasteiger partial charge is 0.254 e. The summed E-state index contributed by atoms with van der Waals surface area (Å²) in [7, 11) is 0. The Balaban J connectivity index is 1.37. The number of carbonyl (C=O) groups is 1. The van der Waals surface area contributed by atoms with Gasteiger partial charge < -0.3 is 14.9 Å². The first kappa shape index (κ1) is 18.7. The van der Waals surface area contributed by atoms with E-state index in [0.29, 0.717) is 23.8 Å². The van der Waals surface area contributed by atoms with Gasteiger partial charge in [0.05, 0.1) is 5.69 Å². The number of nitrogens with zero attached hydrogens (tertiary/aromatic N) is 3. The Kier molecular flexibility index (Phi) is 5.48. The lowest BCUT2D eigenvalue weighted by molar-refractivity contribution is 0.0563. The van der Waals surface area contributed by atoms with Crippen LogP contribution in [0.4, 0.5) is 10.1 Å². The fourth-order valence-electron chi connectivity index (χ4n) is 4.29. The third-order valence-corrected chi connectivity index (χ3v) is 5.80. The van der Waals surface area contributed by atoms with Crippen LogP contribution in [0.15, 0.2) is 48.5 Å². The Morgan fingerprint density at radius 1 is 1.00 bits per heavy atom. The van der Waals surface area contributed by atoms with Gasteiger partial charge in [-0.15, -0.1) is 0 Å². The fourth-order valence-corrected chi connectivity index (χ4v) is 4.29. The van der Waals surface area contributed by atoms with Crippen LogP contribution in [0, 0.1) is 5.82 Å². The standard InChI is InChI=1S/C22H26FN3O2/c23-20-8-1-2-9-21(20)25-13-11-24(12-14-25)18-6-4-10-26(16-18)22(28)17-5-3-7-19(27)15-17/h1-3,5,7-9,15,18,27H,4,6,10-14,16H2. The maximum atomic E-state index is 14.0. The Morgan fingerprint density at radius 3 is 2.54 bits per heavy atom. The predicted molar refractivity (Wildman–Crippen MR) is 107 cm³/mol. The molecule has 2 aliphatic heterocycles. The summed E-state index contributed by atoms with van der Waals surface area (Å²) in [6, 6.07) is 13.8. The van der Waals surface area contributed by atoms with Crippen LogP contribution in [0.5, 0.6) is 5.75 Å². The van der Waals surface area contributed by atoms with Gasteiger partial charge in [0.2, 0.25) is 0 Å². The van der Waals surface area contributed by atoms with Crippen molar-refractivity contribution in [2.75, 3.05) is 44.2 Å². The molecule has 1 unspecified atom stereocenters. The van der Waals surface area contributed by atoms with Gasteiger partial charge in [-0.2, -0.15) is 0 Å². The molecule has 2 aromatic rings. The van der Waals surface area contributed by atoms with E-state index in [4.69, 9.17) is 0 Å². The second kappa shape index (κ2) is 8.19. The molecule has 1 amide bonds. The molecular weight excluding hydrogens is 357 g/mol. The van der Waals surface area contributed by atoms with Crippen molar-refractivity contribution in [3.63, 3.8) is 0 Å². The number of phenols is 1. The number of amides is 1. The monoisotopic (exact) mass is 383 g/mol. The molecule has 4 rings (SSSR count). The van der Waals surface area contributed by atoms with E-state index in [0.717, 1.165) is 45.6 Å². The van der Waals surface area contributed by atoms with E-state index >= 15 is 0 Å². The zero-order valence-corrected chi connectivity index (χ0v) is 15.9. The highest BCUT2D eigenvalue weighted by molar-refractivity contribution is 5.94. The Morgan fingerprint density at radius 2 is 1.79 bits per heavy atom. The van der Waals surface area contributed by atoms with Crippen LogP contribution in [0.3, 0.4) is 0 Å². The number of benzene rings is 2. The molecule has 0 radical (unpaired) electrons. The molecule has 148 valence electrons. The summed E-state index contributed by atoms with van der Waals surface area (Å²) in [6.07, 6.45) is 2.05. The topological polar surface area (TPSA) is 47.0 Å². The maximum Gasteiger partial charge on any atom is 0.254 e. The fraction of sp³-hybridized carbons (Fsp3) is 0.409. The lowest BCUT2D eigenvalue weighted by Gasteiger charge is -2.44. The van der Waals surface area contributed by atoms with Crippen LogP contribution in [0.25, 0.3) is 0 Å². The quantitative estimate of drug-likeness (QED) is 0.885. The van der Waals surface area contributed by atoms with Crippen LogP contribution in [-0.2, 0) is 0 Å². The van der Waals surface area contributed by atoms with Gasteiger partial charge in [-0.1, -0.05) is 18.2 Å². The van der Waals surface area contributed by atoms with Gasteiger partial charge in [-0.25, -0.2) is 4.39 Å². The molecule has 2 heterocycles. The van der Waals surface area contributed by atoms with E-state index < -0.39 is 0 Å². The summed E-state index contributed by atoms with van der Waals surface area (Å²) in [5.41, 5.74) is 1.21. The molecule has 1 N–H and O–H groups in total. The first-order valence-corrected chi connectivity index (χ1v) is 9.93. The van der Waals surface area contributed by atoms with Crippen LogP contribution in [0.2, 0.25) is 0 Å². The zero-order chi connectivity index (χ0) is 19.5. The molecule has 1 atom stereocenters. The molecule has 0 saturated carbocycles. The van der Waals surface area contributed by atoms with Gasteiger partial charge in [-0.05, 0) is 43.2 Å². The van der Waals surface area contributed by atoms with Crippen molar-refractivity contribution in [1.29, 1.82) is 0 Å².